The highest BCUT2D eigenvalue weighted by molar-refractivity contribution is 5.78. The third kappa shape index (κ3) is 3.11. The van der Waals surface area contributed by atoms with Crippen molar-refractivity contribution in [1.29, 1.82) is 0 Å². The van der Waals surface area contributed by atoms with Gasteiger partial charge < -0.3 is 9.72 Å². The molecule has 23 heavy (non-hydrogen) atoms. The molecule has 0 bridgehead atoms. The lowest BCUT2D eigenvalue weighted by Gasteiger charge is -2.06. The van der Waals surface area contributed by atoms with Gasteiger partial charge in [-0.15, -0.1) is 0 Å². The number of carbonyl (C=O) groups is 1. The van der Waals surface area contributed by atoms with E-state index < -0.39 is 0 Å². The monoisotopic (exact) mass is 311 g/mol. The topological polar surface area (TPSA) is 75.1 Å². The number of aromatic amines is 1. The molecule has 0 aliphatic heterocycles. The average Bonchev–Trinajstić information content (AvgIpc) is 3.06. The van der Waals surface area contributed by atoms with Crippen LogP contribution in [0.4, 0.5) is 0 Å². The Bertz CT molecular complexity index is 826. The molecule has 3 rings (SSSR count). The molecule has 0 atom stereocenters. The van der Waals surface area contributed by atoms with Crippen LogP contribution in [0.5, 0.6) is 0 Å². The summed E-state index contributed by atoms with van der Waals surface area (Å²) in [7, 11) is 0. The lowest BCUT2D eigenvalue weighted by Crippen LogP contribution is -2.27. The van der Waals surface area contributed by atoms with Gasteiger partial charge in [-0.2, -0.15) is 5.10 Å². The molecular formula is C17H21N5O. The van der Waals surface area contributed by atoms with Gasteiger partial charge in [0.2, 0.25) is 5.91 Å². The molecule has 0 aliphatic rings. The van der Waals surface area contributed by atoms with Crippen LogP contribution >= 0.6 is 0 Å². The van der Waals surface area contributed by atoms with E-state index in [0.29, 0.717) is 13.0 Å². The number of rotatable bonds is 5. The number of nitrogens with zero attached hydrogens (tertiary/aromatic N) is 3. The third-order valence-corrected chi connectivity index (χ3v) is 4.13. The van der Waals surface area contributed by atoms with Crippen LogP contribution in [-0.2, 0) is 17.6 Å². The fraction of sp³-hybridized carbons (Fsp3) is 0.353. The normalized spacial score (nSPS) is 11.1. The highest BCUT2D eigenvalue weighted by Gasteiger charge is 2.10. The molecule has 3 heterocycles. The van der Waals surface area contributed by atoms with Gasteiger partial charge in [0.25, 0.3) is 0 Å². The minimum absolute atomic E-state index is 0.00658. The van der Waals surface area contributed by atoms with Gasteiger partial charge in [-0.3, -0.25) is 9.89 Å². The van der Waals surface area contributed by atoms with Gasteiger partial charge in [0.05, 0.1) is 17.8 Å². The van der Waals surface area contributed by atoms with Gasteiger partial charge >= 0.3 is 0 Å². The van der Waals surface area contributed by atoms with E-state index in [1.807, 2.05) is 43.5 Å². The van der Waals surface area contributed by atoms with E-state index in [9.17, 15) is 4.79 Å². The molecule has 3 aromatic heterocycles. The number of hydrogen-bond acceptors (Lipinski definition) is 3. The number of imidazole rings is 1. The SMILES string of the molecule is Cc1n[nH]c(C)c1CCNC(=O)Cc1cnc2c(C)cccn12. The van der Waals surface area contributed by atoms with Crippen LogP contribution in [0.15, 0.2) is 24.5 Å². The number of aromatic nitrogens is 4. The number of H-pyrrole nitrogens is 1. The second kappa shape index (κ2) is 6.24. The van der Waals surface area contributed by atoms with E-state index in [-0.39, 0.29) is 5.91 Å². The van der Waals surface area contributed by atoms with E-state index in [2.05, 4.69) is 20.5 Å². The minimum Gasteiger partial charge on any atom is -0.355 e. The van der Waals surface area contributed by atoms with E-state index in [4.69, 9.17) is 0 Å². The maximum Gasteiger partial charge on any atom is 0.226 e. The molecule has 1 amide bonds. The number of nitrogens with one attached hydrogen (secondary N) is 2. The van der Waals surface area contributed by atoms with E-state index in [1.54, 1.807) is 6.20 Å². The molecule has 120 valence electrons. The molecule has 6 nitrogen and oxygen atoms in total. The molecule has 0 aliphatic carbocycles. The van der Waals surface area contributed by atoms with Crippen molar-refractivity contribution in [2.45, 2.75) is 33.6 Å². The van der Waals surface area contributed by atoms with Gasteiger partial charge in [-0.05, 0) is 44.4 Å². The molecule has 0 unspecified atom stereocenters. The zero-order valence-electron chi connectivity index (χ0n) is 13.7. The summed E-state index contributed by atoms with van der Waals surface area (Å²) < 4.78 is 1.97. The van der Waals surface area contributed by atoms with Crippen LogP contribution < -0.4 is 5.32 Å². The summed E-state index contributed by atoms with van der Waals surface area (Å²) in [5.41, 5.74) is 6.14. The molecule has 6 heteroatoms. The molecule has 0 saturated heterocycles. The highest BCUT2D eigenvalue weighted by Crippen LogP contribution is 2.12. The predicted molar refractivity (Wildman–Crippen MR) is 88.4 cm³/mol. The summed E-state index contributed by atoms with van der Waals surface area (Å²) >= 11 is 0. The van der Waals surface area contributed by atoms with Gasteiger partial charge in [0, 0.05) is 24.6 Å². The number of carbonyl (C=O) groups excluding carboxylic acids is 1. The van der Waals surface area contributed by atoms with Crippen LogP contribution in [-0.4, -0.2) is 32.0 Å². The first kappa shape index (κ1) is 15.3. The van der Waals surface area contributed by atoms with Crippen LogP contribution in [0.1, 0.15) is 28.2 Å². The Morgan fingerprint density at radius 1 is 1.35 bits per heavy atom. The minimum atomic E-state index is 0.00658. The quantitative estimate of drug-likeness (QED) is 0.755. The van der Waals surface area contributed by atoms with Crippen LogP contribution in [0, 0.1) is 20.8 Å². The average molecular weight is 311 g/mol. The lowest BCUT2D eigenvalue weighted by atomic mass is 10.1. The summed E-state index contributed by atoms with van der Waals surface area (Å²) in [6.07, 6.45) is 4.82. The van der Waals surface area contributed by atoms with Crippen molar-refractivity contribution in [3.63, 3.8) is 0 Å². The number of fused-ring (bicyclic) bond motifs is 1. The predicted octanol–water partition coefficient (Wildman–Crippen LogP) is 1.88. The number of hydrogen-bond donors (Lipinski definition) is 2. The van der Waals surface area contributed by atoms with Crippen LogP contribution in [0.3, 0.4) is 0 Å². The Morgan fingerprint density at radius 2 is 2.17 bits per heavy atom. The Morgan fingerprint density at radius 3 is 2.91 bits per heavy atom. The second-order valence-electron chi connectivity index (χ2n) is 5.82. The maximum atomic E-state index is 12.2. The molecule has 0 fully saturated rings. The molecular weight excluding hydrogens is 290 g/mol. The van der Waals surface area contributed by atoms with Gasteiger partial charge in [0.1, 0.15) is 5.65 Å². The first-order chi connectivity index (χ1) is 11.1. The summed E-state index contributed by atoms with van der Waals surface area (Å²) in [5.74, 6) is 0.00658. The smallest absolute Gasteiger partial charge is 0.226 e. The standard InChI is InChI=1S/C17H21N5O/c1-11-5-4-8-22-14(10-19-17(11)22)9-16(23)18-7-6-15-12(2)20-21-13(15)3/h4-5,8,10H,6-7,9H2,1-3H3,(H,18,23)(H,20,21). The van der Waals surface area contributed by atoms with Gasteiger partial charge in [0.15, 0.2) is 0 Å². The summed E-state index contributed by atoms with van der Waals surface area (Å²) in [4.78, 5) is 16.5. The van der Waals surface area contributed by atoms with Crippen molar-refractivity contribution < 1.29 is 4.79 Å². The van der Waals surface area contributed by atoms with Gasteiger partial charge in [-0.25, -0.2) is 4.98 Å². The summed E-state index contributed by atoms with van der Waals surface area (Å²) in [6.45, 7) is 6.59. The van der Waals surface area contributed by atoms with Crippen molar-refractivity contribution in [3.8, 4) is 0 Å². The number of aryl methyl sites for hydroxylation is 3. The van der Waals surface area contributed by atoms with E-state index in [1.165, 1.54) is 5.56 Å². The van der Waals surface area contributed by atoms with E-state index in [0.717, 1.165) is 34.7 Å². The van der Waals surface area contributed by atoms with Crippen LogP contribution in [0.2, 0.25) is 0 Å². The Labute approximate surface area is 134 Å². The Balaban J connectivity index is 1.60. The van der Waals surface area contributed by atoms with Crippen LogP contribution in [0.25, 0.3) is 5.65 Å². The highest BCUT2D eigenvalue weighted by atomic mass is 16.1. The van der Waals surface area contributed by atoms with Crippen molar-refractivity contribution in [3.05, 3.63) is 52.7 Å². The Hall–Kier alpha value is -2.63. The molecule has 3 aromatic rings. The number of amides is 1. The molecule has 0 aromatic carbocycles. The molecule has 2 N–H and O–H groups in total. The van der Waals surface area contributed by atoms with Crippen molar-refractivity contribution in [1.82, 2.24) is 24.9 Å². The first-order valence-corrected chi connectivity index (χ1v) is 7.75. The number of pyridine rings is 1. The molecule has 0 saturated carbocycles. The molecule has 0 radical (unpaired) electrons. The summed E-state index contributed by atoms with van der Waals surface area (Å²) in [6, 6.07) is 3.98. The maximum absolute atomic E-state index is 12.2. The first-order valence-electron chi connectivity index (χ1n) is 7.75. The zero-order valence-corrected chi connectivity index (χ0v) is 13.7. The third-order valence-electron chi connectivity index (χ3n) is 4.13. The van der Waals surface area contributed by atoms with Crippen molar-refractivity contribution >= 4 is 11.6 Å². The second-order valence-corrected chi connectivity index (χ2v) is 5.82. The fourth-order valence-electron chi connectivity index (χ4n) is 2.83. The van der Waals surface area contributed by atoms with Crippen molar-refractivity contribution in [2.24, 2.45) is 0 Å². The lowest BCUT2D eigenvalue weighted by molar-refractivity contribution is -0.120. The fourth-order valence-corrected chi connectivity index (χ4v) is 2.83. The van der Waals surface area contributed by atoms with E-state index >= 15 is 0 Å². The zero-order chi connectivity index (χ0) is 16.4. The molecule has 0 spiro atoms. The van der Waals surface area contributed by atoms with Gasteiger partial charge in [-0.1, -0.05) is 6.07 Å². The Kier molecular flexibility index (Phi) is 4.14. The largest absolute Gasteiger partial charge is 0.355 e. The summed E-state index contributed by atoms with van der Waals surface area (Å²) in [5, 5.41) is 10.1. The van der Waals surface area contributed by atoms with Crippen molar-refractivity contribution in [2.75, 3.05) is 6.54 Å².